The van der Waals surface area contributed by atoms with Gasteiger partial charge in [0.2, 0.25) is 0 Å². The number of esters is 2. The lowest BCUT2D eigenvalue weighted by Crippen LogP contribution is -2.17. The summed E-state index contributed by atoms with van der Waals surface area (Å²) in [6, 6.07) is 6.23. The van der Waals surface area contributed by atoms with Crippen LogP contribution in [-0.2, 0) is 19.1 Å². The van der Waals surface area contributed by atoms with Crippen molar-refractivity contribution in [1.29, 1.82) is 0 Å². The largest absolute Gasteiger partial charge is 0.466 e. The predicted octanol–water partition coefficient (Wildman–Crippen LogP) is 1.62. The summed E-state index contributed by atoms with van der Waals surface area (Å²) in [5.74, 6) is -2.03. The van der Waals surface area contributed by atoms with Crippen molar-refractivity contribution in [3.63, 3.8) is 0 Å². The Morgan fingerprint density at radius 2 is 1.79 bits per heavy atom. The van der Waals surface area contributed by atoms with Gasteiger partial charge in [0.05, 0.1) is 13.7 Å². The number of rotatable bonds is 5. The number of hydrogen-bond acceptors (Lipinski definition) is 5. The number of ether oxygens (including phenoxy) is 2. The third-order valence-corrected chi connectivity index (χ3v) is 2.25. The normalized spacial score (nSPS) is 10.2. The van der Waals surface area contributed by atoms with E-state index in [4.69, 9.17) is 0 Å². The van der Waals surface area contributed by atoms with Crippen molar-refractivity contribution in [3.05, 3.63) is 41.5 Å². The average molecular weight is 262 g/mol. The van der Waals surface area contributed by atoms with Crippen LogP contribution in [-0.4, -0.2) is 31.4 Å². The summed E-state index contributed by atoms with van der Waals surface area (Å²) in [5, 5.41) is 0. The molecule has 0 amide bonds. The van der Waals surface area contributed by atoms with E-state index in [0.717, 1.165) is 0 Å². The molecular weight excluding hydrogens is 248 g/mol. The van der Waals surface area contributed by atoms with Crippen LogP contribution >= 0.6 is 0 Å². The fourth-order valence-corrected chi connectivity index (χ4v) is 1.29. The SMILES string of the molecule is CCOC(=O)C(=O)c1ccc(C=CC(=O)OC)cc1. The van der Waals surface area contributed by atoms with Gasteiger partial charge in [0, 0.05) is 11.6 Å². The zero-order valence-corrected chi connectivity index (χ0v) is 10.7. The first-order valence-electron chi connectivity index (χ1n) is 5.66. The molecule has 0 spiro atoms. The maximum Gasteiger partial charge on any atom is 0.379 e. The molecule has 0 fully saturated rings. The number of ketones is 1. The Morgan fingerprint density at radius 1 is 1.16 bits per heavy atom. The number of carbonyl (C=O) groups is 3. The summed E-state index contributed by atoms with van der Waals surface area (Å²) < 4.78 is 9.07. The second kappa shape index (κ2) is 7.10. The van der Waals surface area contributed by atoms with E-state index in [1.54, 1.807) is 25.1 Å². The molecule has 100 valence electrons. The van der Waals surface area contributed by atoms with E-state index >= 15 is 0 Å². The zero-order chi connectivity index (χ0) is 14.3. The second-order valence-corrected chi connectivity index (χ2v) is 3.53. The quantitative estimate of drug-likeness (QED) is 0.349. The molecule has 0 radical (unpaired) electrons. The van der Waals surface area contributed by atoms with E-state index in [0.29, 0.717) is 5.56 Å². The first-order valence-corrected chi connectivity index (χ1v) is 5.66. The van der Waals surface area contributed by atoms with Crippen molar-refractivity contribution in [1.82, 2.24) is 0 Å². The molecule has 0 saturated heterocycles. The van der Waals surface area contributed by atoms with Crippen molar-refractivity contribution in [2.45, 2.75) is 6.92 Å². The monoisotopic (exact) mass is 262 g/mol. The highest BCUT2D eigenvalue weighted by Gasteiger charge is 2.16. The van der Waals surface area contributed by atoms with Gasteiger partial charge in [-0.1, -0.05) is 24.3 Å². The summed E-state index contributed by atoms with van der Waals surface area (Å²) in [5.41, 5.74) is 0.958. The molecule has 0 bridgehead atoms. The van der Waals surface area contributed by atoms with Crippen LogP contribution in [0.4, 0.5) is 0 Å². The molecule has 0 aliphatic carbocycles. The molecule has 5 heteroatoms. The standard InChI is InChI=1S/C14H14O5/c1-3-19-14(17)13(16)11-7-4-10(5-8-11)6-9-12(15)18-2/h4-9H,3H2,1-2H3. The molecule has 0 aromatic heterocycles. The number of methoxy groups -OCH3 is 1. The molecule has 19 heavy (non-hydrogen) atoms. The van der Waals surface area contributed by atoms with Gasteiger partial charge in [0.25, 0.3) is 5.78 Å². The molecule has 1 aromatic carbocycles. The maximum atomic E-state index is 11.6. The summed E-state index contributed by atoms with van der Waals surface area (Å²) in [6.45, 7) is 1.79. The van der Waals surface area contributed by atoms with Crippen LogP contribution in [0.2, 0.25) is 0 Å². The number of Topliss-reactive ketones (excluding diaryl/α,β-unsaturated/α-hetero) is 1. The van der Waals surface area contributed by atoms with Gasteiger partial charge in [-0.25, -0.2) is 9.59 Å². The maximum absolute atomic E-state index is 11.6. The van der Waals surface area contributed by atoms with Crippen LogP contribution in [0.15, 0.2) is 30.3 Å². The van der Waals surface area contributed by atoms with E-state index in [1.165, 1.54) is 25.3 Å². The summed E-state index contributed by atoms with van der Waals surface area (Å²) in [6.07, 6.45) is 2.81. The van der Waals surface area contributed by atoms with Crippen molar-refractivity contribution in [2.75, 3.05) is 13.7 Å². The molecule has 0 aliphatic heterocycles. The first kappa shape index (κ1) is 14.6. The minimum atomic E-state index is -0.875. The zero-order valence-electron chi connectivity index (χ0n) is 10.7. The molecule has 0 aliphatic rings. The number of benzene rings is 1. The van der Waals surface area contributed by atoms with Gasteiger partial charge in [0.15, 0.2) is 0 Å². The lowest BCUT2D eigenvalue weighted by molar-refractivity contribution is -0.137. The van der Waals surface area contributed by atoms with Crippen LogP contribution in [0, 0.1) is 0 Å². The van der Waals surface area contributed by atoms with Gasteiger partial charge in [-0.15, -0.1) is 0 Å². The topological polar surface area (TPSA) is 69.7 Å². The smallest absolute Gasteiger partial charge is 0.379 e. The van der Waals surface area contributed by atoms with Crippen molar-refractivity contribution in [2.24, 2.45) is 0 Å². The van der Waals surface area contributed by atoms with Crippen molar-refractivity contribution in [3.8, 4) is 0 Å². The average Bonchev–Trinajstić information content (AvgIpc) is 2.44. The Labute approximate surface area is 110 Å². The molecule has 0 heterocycles. The predicted molar refractivity (Wildman–Crippen MR) is 68.5 cm³/mol. The van der Waals surface area contributed by atoms with Crippen molar-refractivity contribution >= 4 is 23.8 Å². The molecule has 0 saturated carbocycles. The van der Waals surface area contributed by atoms with Crippen LogP contribution in [0.5, 0.6) is 0 Å². The molecule has 0 unspecified atom stereocenters. The van der Waals surface area contributed by atoms with Crippen LogP contribution in [0.3, 0.4) is 0 Å². The molecule has 5 nitrogen and oxygen atoms in total. The Morgan fingerprint density at radius 3 is 2.32 bits per heavy atom. The highest BCUT2D eigenvalue weighted by atomic mass is 16.5. The lowest BCUT2D eigenvalue weighted by Gasteiger charge is -2.01. The molecule has 0 atom stereocenters. The Balaban J connectivity index is 2.76. The summed E-state index contributed by atoms with van der Waals surface area (Å²) >= 11 is 0. The fourth-order valence-electron chi connectivity index (χ4n) is 1.29. The van der Waals surface area contributed by atoms with Gasteiger partial charge in [-0.05, 0) is 18.6 Å². The Kier molecular flexibility index (Phi) is 5.47. The third kappa shape index (κ3) is 4.39. The second-order valence-electron chi connectivity index (χ2n) is 3.53. The fraction of sp³-hybridized carbons (Fsp3) is 0.214. The number of carbonyl (C=O) groups excluding carboxylic acids is 3. The lowest BCUT2D eigenvalue weighted by atomic mass is 10.1. The van der Waals surface area contributed by atoms with Gasteiger partial charge < -0.3 is 9.47 Å². The van der Waals surface area contributed by atoms with E-state index in [9.17, 15) is 14.4 Å². The van der Waals surface area contributed by atoms with Gasteiger partial charge in [-0.3, -0.25) is 4.79 Å². The highest BCUT2D eigenvalue weighted by Crippen LogP contribution is 2.08. The minimum absolute atomic E-state index is 0.157. The van der Waals surface area contributed by atoms with Gasteiger partial charge in [0.1, 0.15) is 0 Å². The molecular formula is C14H14O5. The van der Waals surface area contributed by atoms with Crippen LogP contribution in [0.25, 0.3) is 6.08 Å². The molecule has 1 rings (SSSR count). The first-order chi connectivity index (χ1) is 9.08. The summed E-state index contributed by atoms with van der Waals surface area (Å²) in [7, 11) is 1.29. The minimum Gasteiger partial charge on any atom is -0.466 e. The molecule has 0 N–H and O–H groups in total. The Bertz CT molecular complexity index is 499. The van der Waals surface area contributed by atoms with Crippen LogP contribution < -0.4 is 0 Å². The van der Waals surface area contributed by atoms with Crippen molar-refractivity contribution < 1.29 is 23.9 Å². The Hall–Kier alpha value is -2.43. The van der Waals surface area contributed by atoms with Crippen LogP contribution in [0.1, 0.15) is 22.8 Å². The third-order valence-electron chi connectivity index (χ3n) is 2.25. The van der Waals surface area contributed by atoms with E-state index in [-0.39, 0.29) is 12.2 Å². The molecule has 1 aromatic rings. The van der Waals surface area contributed by atoms with E-state index < -0.39 is 17.7 Å². The number of hydrogen-bond donors (Lipinski definition) is 0. The highest BCUT2D eigenvalue weighted by molar-refractivity contribution is 6.40. The van der Waals surface area contributed by atoms with Gasteiger partial charge >= 0.3 is 11.9 Å². The summed E-state index contributed by atoms with van der Waals surface area (Å²) in [4.78, 5) is 33.7. The van der Waals surface area contributed by atoms with E-state index in [1.807, 2.05) is 0 Å². The van der Waals surface area contributed by atoms with E-state index in [2.05, 4.69) is 9.47 Å². The van der Waals surface area contributed by atoms with Gasteiger partial charge in [-0.2, -0.15) is 0 Å².